The summed E-state index contributed by atoms with van der Waals surface area (Å²) in [5.41, 5.74) is 3.34. The molecule has 1 nitrogen and oxygen atoms in total. The maximum absolute atomic E-state index is 13.5. The van der Waals surface area contributed by atoms with Crippen molar-refractivity contribution in [3.63, 3.8) is 0 Å². The third-order valence-corrected chi connectivity index (χ3v) is 4.39. The molecule has 0 heterocycles. The molecule has 2 aromatic rings. The summed E-state index contributed by atoms with van der Waals surface area (Å²) in [5, 5.41) is 3.48. The highest BCUT2D eigenvalue weighted by Gasteiger charge is 2.14. The van der Waals surface area contributed by atoms with Crippen LogP contribution in [0.1, 0.15) is 29.7 Å². The molecule has 0 aliphatic rings. The number of hydrogen-bond acceptors (Lipinski definition) is 1. The van der Waals surface area contributed by atoms with Crippen LogP contribution in [0.4, 0.5) is 4.39 Å². The summed E-state index contributed by atoms with van der Waals surface area (Å²) in [6.45, 7) is 4.97. The van der Waals surface area contributed by atoms with Gasteiger partial charge in [0.25, 0.3) is 0 Å². The van der Waals surface area contributed by atoms with Gasteiger partial charge in [0.2, 0.25) is 0 Å². The summed E-state index contributed by atoms with van der Waals surface area (Å²) in [5.74, 6) is -0.179. The monoisotopic (exact) mass is 413 g/mol. The molecule has 0 aliphatic carbocycles. The van der Waals surface area contributed by atoms with Crippen LogP contribution in [0.3, 0.4) is 0 Å². The molecular weight excluding hydrogens is 397 g/mol. The van der Waals surface area contributed by atoms with Gasteiger partial charge < -0.3 is 5.32 Å². The van der Waals surface area contributed by atoms with E-state index in [-0.39, 0.29) is 11.9 Å². The van der Waals surface area contributed by atoms with Crippen molar-refractivity contribution in [2.75, 3.05) is 6.54 Å². The molecule has 1 unspecified atom stereocenters. The standard InChI is InChI=1S/C17H18Br2FN/c1-3-21-17(13-6-14(18)10-15(19)7-13)9-12-8-16(20)5-4-11(12)2/h4-8,10,17,21H,3,9H2,1-2H3. The molecule has 1 N–H and O–H groups in total. The Labute approximate surface area is 142 Å². The third-order valence-electron chi connectivity index (χ3n) is 3.47. The normalized spacial score (nSPS) is 12.4. The zero-order valence-corrected chi connectivity index (χ0v) is 15.3. The fourth-order valence-corrected chi connectivity index (χ4v) is 3.74. The molecule has 0 bridgehead atoms. The Morgan fingerprint density at radius 2 is 1.76 bits per heavy atom. The second-order valence-corrected chi connectivity index (χ2v) is 6.92. The van der Waals surface area contributed by atoms with Crippen molar-refractivity contribution in [1.82, 2.24) is 5.32 Å². The summed E-state index contributed by atoms with van der Waals surface area (Å²) in [6.07, 6.45) is 0.764. The van der Waals surface area contributed by atoms with Gasteiger partial charge in [-0.05, 0) is 66.9 Å². The van der Waals surface area contributed by atoms with Crippen LogP contribution in [0.25, 0.3) is 0 Å². The second kappa shape index (κ2) is 7.52. The van der Waals surface area contributed by atoms with Gasteiger partial charge in [-0.2, -0.15) is 0 Å². The molecule has 0 radical (unpaired) electrons. The molecule has 0 amide bonds. The van der Waals surface area contributed by atoms with Gasteiger partial charge in [-0.25, -0.2) is 4.39 Å². The van der Waals surface area contributed by atoms with Gasteiger partial charge >= 0.3 is 0 Å². The number of hydrogen-bond donors (Lipinski definition) is 1. The minimum Gasteiger partial charge on any atom is -0.310 e. The number of likely N-dealkylation sites (N-methyl/N-ethyl adjacent to an activating group) is 1. The van der Waals surface area contributed by atoms with Gasteiger partial charge in [-0.15, -0.1) is 0 Å². The quantitative estimate of drug-likeness (QED) is 0.675. The van der Waals surface area contributed by atoms with E-state index in [9.17, 15) is 4.39 Å². The summed E-state index contributed by atoms with van der Waals surface area (Å²) < 4.78 is 15.5. The molecule has 0 aromatic heterocycles. The fraction of sp³-hybridized carbons (Fsp3) is 0.294. The number of nitrogens with one attached hydrogen (secondary N) is 1. The molecular formula is C17H18Br2FN. The van der Waals surface area contributed by atoms with E-state index in [1.165, 1.54) is 11.6 Å². The van der Waals surface area contributed by atoms with E-state index in [1.807, 2.05) is 19.1 Å². The van der Waals surface area contributed by atoms with Crippen molar-refractivity contribution >= 4 is 31.9 Å². The van der Waals surface area contributed by atoms with Gasteiger partial charge in [0, 0.05) is 15.0 Å². The third kappa shape index (κ3) is 4.63. The molecule has 0 fully saturated rings. The Morgan fingerprint density at radius 3 is 2.38 bits per heavy atom. The molecule has 0 saturated carbocycles. The highest BCUT2D eigenvalue weighted by atomic mass is 79.9. The van der Waals surface area contributed by atoms with Crippen LogP contribution in [0.5, 0.6) is 0 Å². The first-order valence-electron chi connectivity index (χ1n) is 6.94. The maximum Gasteiger partial charge on any atom is 0.123 e. The zero-order chi connectivity index (χ0) is 15.4. The van der Waals surface area contributed by atoms with Crippen molar-refractivity contribution in [3.8, 4) is 0 Å². The van der Waals surface area contributed by atoms with E-state index < -0.39 is 0 Å². The van der Waals surface area contributed by atoms with Gasteiger partial charge in [0.05, 0.1) is 0 Å². The van der Waals surface area contributed by atoms with Crippen LogP contribution in [-0.4, -0.2) is 6.54 Å². The molecule has 4 heteroatoms. The Bertz CT molecular complexity index is 608. The molecule has 0 aliphatic heterocycles. The van der Waals surface area contributed by atoms with E-state index in [1.54, 1.807) is 6.07 Å². The van der Waals surface area contributed by atoms with Crippen LogP contribution in [0.15, 0.2) is 45.3 Å². The van der Waals surface area contributed by atoms with Crippen molar-refractivity contribution in [2.24, 2.45) is 0 Å². The number of aryl methyl sites for hydroxylation is 1. The van der Waals surface area contributed by atoms with E-state index in [0.29, 0.717) is 0 Å². The SMILES string of the molecule is CCNC(Cc1cc(F)ccc1C)c1cc(Br)cc(Br)c1. The summed E-state index contributed by atoms with van der Waals surface area (Å²) in [4.78, 5) is 0. The van der Waals surface area contributed by atoms with Crippen molar-refractivity contribution in [1.29, 1.82) is 0 Å². The molecule has 0 saturated heterocycles. The molecule has 112 valence electrons. The number of benzene rings is 2. The summed E-state index contributed by atoms with van der Waals surface area (Å²) in [6, 6.07) is 11.4. The van der Waals surface area contributed by atoms with Crippen LogP contribution < -0.4 is 5.32 Å². The van der Waals surface area contributed by atoms with Crippen molar-refractivity contribution < 1.29 is 4.39 Å². The van der Waals surface area contributed by atoms with Gasteiger partial charge in [0.15, 0.2) is 0 Å². The molecule has 1 atom stereocenters. The van der Waals surface area contributed by atoms with E-state index >= 15 is 0 Å². The zero-order valence-electron chi connectivity index (χ0n) is 12.1. The predicted molar refractivity (Wildman–Crippen MR) is 93.1 cm³/mol. The second-order valence-electron chi connectivity index (χ2n) is 5.09. The van der Waals surface area contributed by atoms with Gasteiger partial charge in [0.1, 0.15) is 5.82 Å². The smallest absolute Gasteiger partial charge is 0.123 e. The number of halogens is 3. The lowest BCUT2D eigenvalue weighted by Crippen LogP contribution is -2.23. The highest BCUT2D eigenvalue weighted by Crippen LogP contribution is 2.27. The minimum absolute atomic E-state index is 0.157. The topological polar surface area (TPSA) is 12.0 Å². The molecule has 21 heavy (non-hydrogen) atoms. The average Bonchev–Trinajstić information content (AvgIpc) is 2.41. The van der Waals surface area contributed by atoms with E-state index in [0.717, 1.165) is 33.0 Å². The van der Waals surface area contributed by atoms with Crippen molar-refractivity contribution in [3.05, 3.63) is 67.9 Å². The molecule has 2 rings (SSSR count). The lowest BCUT2D eigenvalue weighted by Gasteiger charge is -2.20. The Morgan fingerprint density at radius 1 is 1.10 bits per heavy atom. The largest absolute Gasteiger partial charge is 0.310 e. The van der Waals surface area contributed by atoms with Crippen LogP contribution in [-0.2, 0) is 6.42 Å². The predicted octanol–water partition coefficient (Wildman–Crippen LogP) is 5.55. The van der Waals surface area contributed by atoms with Gasteiger partial charge in [-0.1, -0.05) is 44.8 Å². The number of rotatable bonds is 5. The Kier molecular flexibility index (Phi) is 5.97. The van der Waals surface area contributed by atoms with E-state index in [2.05, 4.69) is 56.2 Å². The fourth-order valence-electron chi connectivity index (χ4n) is 2.41. The summed E-state index contributed by atoms with van der Waals surface area (Å²) >= 11 is 7.05. The maximum atomic E-state index is 13.5. The Hall–Kier alpha value is -0.710. The first-order valence-corrected chi connectivity index (χ1v) is 8.52. The molecule has 0 spiro atoms. The Balaban J connectivity index is 2.32. The first kappa shape index (κ1) is 16.7. The van der Waals surface area contributed by atoms with Crippen LogP contribution in [0, 0.1) is 12.7 Å². The minimum atomic E-state index is -0.179. The lowest BCUT2D eigenvalue weighted by molar-refractivity contribution is 0.545. The first-order chi connectivity index (χ1) is 9.99. The van der Waals surface area contributed by atoms with Crippen molar-refractivity contribution in [2.45, 2.75) is 26.3 Å². The van der Waals surface area contributed by atoms with Gasteiger partial charge in [-0.3, -0.25) is 0 Å². The average molecular weight is 415 g/mol. The summed E-state index contributed by atoms with van der Waals surface area (Å²) in [7, 11) is 0. The van der Waals surface area contributed by atoms with Crippen LogP contribution in [0.2, 0.25) is 0 Å². The lowest BCUT2D eigenvalue weighted by atomic mass is 9.96. The van der Waals surface area contributed by atoms with E-state index in [4.69, 9.17) is 0 Å². The highest BCUT2D eigenvalue weighted by molar-refractivity contribution is 9.11. The molecule has 2 aromatic carbocycles. The van der Waals surface area contributed by atoms with Crippen LogP contribution >= 0.6 is 31.9 Å².